The molecule has 1 aromatic rings. The van der Waals surface area contributed by atoms with Crippen molar-refractivity contribution in [2.24, 2.45) is 5.92 Å². The highest BCUT2D eigenvalue weighted by molar-refractivity contribution is 6.00. The summed E-state index contributed by atoms with van der Waals surface area (Å²) in [6, 6.07) is 5.57. The molecule has 1 saturated heterocycles. The monoisotopic (exact) mass is 303 g/mol. The average molecular weight is 303 g/mol. The smallest absolute Gasteiger partial charge is 0.262 e. The number of fused-ring (bicyclic) bond motifs is 1. The summed E-state index contributed by atoms with van der Waals surface area (Å²) in [6.45, 7) is 3.67. The van der Waals surface area contributed by atoms with Crippen LogP contribution in [0.5, 0.6) is 5.75 Å². The molecular weight excluding hydrogens is 282 g/mol. The Labute approximate surface area is 130 Å². The highest BCUT2D eigenvalue weighted by atomic mass is 16.5. The Morgan fingerprint density at radius 1 is 1.36 bits per heavy atom. The maximum Gasteiger partial charge on any atom is 0.262 e. The second-order valence-electron chi connectivity index (χ2n) is 6.27. The molecule has 2 unspecified atom stereocenters. The van der Waals surface area contributed by atoms with E-state index in [2.05, 4.69) is 17.1 Å². The zero-order valence-corrected chi connectivity index (χ0v) is 13.1. The van der Waals surface area contributed by atoms with Crippen LogP contribution in [-0.2, 0) is 4.79 Å². The maximum absolute atomic E-state index is 12.7. The third kappa shape index (κ3) is 2.66. The van der Waals surface area contributed by atoms with Crippen molar-refractivity contribution in [3.8, 4) is 5.75 Å². The number of hydrogen-bond acceptors (Lipinski definition) is 4. The molecular formula is C16H21N3O3. The second kappa shape index (κ2) is 5.61. The predicted molar refractivity (Wildman–Crippen MR) is 83.1 cm³/mol. The van der Waals surface area contributed by atoms with Crippen LogP contribution in [-0.4, -0.2) is 61.4 Å². The summed E-state index contributed by atoms with van der Waals surface area (Å²) in [5.74, 6) is 0.857. The lowest BCUT2D eigenvalue weighted by Gasteiger charge is -2.23. The summed E-state index contributed by atoms with van der Waals surface area (Å²) in [7, 11) is 4.09. The van der Waals surface area contributed by atoms with Crippen LogP contribution in [0.3, 0.4) is 0 Å². The van der Waals surface area contributed by atoms with Gasteiger partial charge in [-0.05, 0) is 38.2 Å². The van der Waals surface area contributed by atoms with Gasteiger partial charge in [-0.25, -0.2) is 0 Å². The van der Waals surface area contributed by atoms with Crippen LogP contribution in [0, 0.1) is 5.92 Å². The average Bonchev–Trinajstić information content (AvgIpc) is 2.88. The van der Waals surface area contributed by atoms with Gasteiger partial charge in [0.25, 0.3) is 11.8 Å². The fourth-order valence-electron chi connectivity index (χ4n) is 3.19. The van der Waals surface area contributed by atoms with Crippen molar-refractivity contribution in [3.63, 3.8) is 0 Å². The van der Waals surface area contributed by atoms with E-state index in [9.17, 15) is 9.59 Å². The number of ether oxygens (including phenoxy) is 1. The Balaban J connectivity index is 1.79. The van der Waals surface area contributed by atoms with Gasteiger partial charge >= 0.3 is 0 Å². The minimum absolute atomic E-state index is 0.00109. The van der Waals surface area contributed by atoms with Crippen molar-refractivity contribution in [1.82, 2.24) is 9.80 Å². The fraction of sp³-hybridized carbons (Fsp3) is 0.500. The Hall–Kier alpha value is -2.08. The third-order valence-electron chi connectivity index (χ3n) is 4.38. The summed E-state index contributed by atoms with van der Waals surface area (Å²) in [4.78, 5) is 28.1. The van der Waals surface area contributed by atoms with Crippen molar-refractivity contribution >= 4 is 17.5 Å². The molecule has 1 aromatic carbocycles. The Morgan fingerprint density at radius 3 is 2.82 bits per heavy atom. The summed E-state index contributed by atoms with van der Waals surface area (Å²) in [5, 5.41) is 2.74. The van der Waals surface area contributed by atoms with Crippen molar-refractivity contribution in [2.45, 2.75) is 13.0 Å². The number of hydrogen-bond donors (Lipinski definition) is 1. The number of likely N-dealkylation sites (N-methyl/N-ethyl adjacent to an activating group) is 1. The molecule has 0 bridgehead atoms. The number of carbonyl (C=O) groups is 2. The molecule has 2 aliphatic rings. The van der Waals surface area contributed by atoms with E-state index in [1.165, 1.54) is 0 Å². The molecule has 1 fully saturated rings. The van der Waals surface area contributed by atoms with Crippen LogP contribution >= 0.6 is 0 Å². The maximum atomic E-state index is 12.7. The van der Waals surface area contributed by atoms with Crippen molar-refractivity contribution < 1.29 is 14.3 Å². The van der Waals surface area contributed by atoms with Crippen LogP contribution < -0.4 is 10.1 Å². The highest BCUT2D eigenvalue weighted by Gasteiger charge is 2.34. The number of amides is 2. The number of likely N-dealkylation sites (tertiary alicyclic amines) is 1. The molecule has 22 heavy (non-hydrogen) atoms. The van der Waals surface area contributed by atoms with Gasteiger partial charge in [0.2, 0.25) is 0 Å². The van der Waals surface area contributed by atoms with Gasteiger partial charge in [0, 0.05) is 24.7 Å². The van der Waals surface area contributed by atoms with Gasteiger partial charge in [-0.15, -0.1) is 0 Å². The molecule has 2 atom stereocenters. The molecule has 0 saturated carbocycles. The lowest BCUT2D eigenvalue weighted by Crippen LogP contribution is -2.35. The van der Waals surface area contributed by atoms with Gasteiger partial charge in [0.1, 0.15) is 5.75 Å². The highest BCUT2D eigenvalue weighted by Crippen LogP contribution is 2.30. The van der Waals surface area contributed by atoms with Crippen LogP contribution in [0.4, 0.5) is 5.69 Å². The van der Waals surface area contributed by atoms with Crippen molar-refractivity contribution in [2.75, 3.05) is 39.1 Å². The lowest BCUT2D eigenvalue weighted by molar-refractivity contribution is -0.118. The van der Waals surface area contributed by atoms with Crippen LogP contribution in [0.15, 0.2) is 18.2 Å². The van der Waals surface area contributed by atoms with E-state index < -0.39 is 0 Å². The molecule has 3 rings (SSSR count). The van der Waals surface area contributed by atoms with E-state index in [-0.39, 0.29) is 18.4 Å². The fourth-order valence-corrected chi connectivity index (χ4v) is 3.19. The van der Waals surface area contributed by atoms with Crippen molar-refractivity contribution in [1.29, 1.82) is 0 Å². The van der Waals surface area contributed by atoms with Gasteiger partial charge in [-0.1, -0.05) is 6.92 Å². The molecule has 118 valence electrons. The molecule has 0 aliphatic carbocycles. The summed E-state index contributed by atoms with van der Waals surface area (Å²) >= 11 is 0. The molecule has 2 aliphatic heterocycles. The first kappa shape index (κ1) is 14.8. The van der Waals surface area contributed by atoms with Crippen LogP contribution in [0.2, 0.25) is 0 Å². The van der Waals surface area contributed by atoms with Gasteiger partial charge in [0.15, 0.2) is 6.61 Å². The van der Waals surface area contributed by atoms with Gasteiger partial charge < -0.3 is 19.9 Å². The standard InChI is InChI=1S/C16H21N3O3/c1-10-7-19(8-13(10)18(2)3)16(21)11-4-5-14-12(6-11)17-15(20)9-22-14/h4-6,10,13H,7-9H2,1-3H3,(H,17,20). The molecule has 2 heterocycles. The van der Waals surface area contributed by atoms with E-state index >= 15 is 0 Å². The Morgan fingerprint density at radius 2 is 2.14 bits per heavy atom. The zero-order valence-electron chi connectivity index (χ0n) is 13.1. The SMILES string of the molecule is CC1CN(C(=O)c2ccc3c(c2)NC(=O)CO3)CC1N(C)C. The van der Waals surface area contributed by atoms with E-state index in [1.807, 2.05) is 19.0 Å². The lowest BCUT2D eigenvalue weighted by atomic mass is 10.1. The quantitative estimate of drug-likeness (QED) is 0.887. The number of anilines is 1. The van der Waals surface area contributed by atoms with Gasteiger partial charge in [-0.2, -0.15) is 0 Å². The molecule has 6 heteroatoms. The van der Waals surface area contributed by atoms with E-state index in [0.717, 1.165) is 13.1 Å². The summed E-state index contributed by atoms with van der Waals surface area (Å²) in [6.07, 6.45) is 0. The topological polar surface area (TPSA) is 61.9 Å². The zero-order chi connectivity index (χ0) is 15.9. The van der Waals surface area contributed by atoms with E-state index in [4.69, 9.17) is 4.74 Å². The number of rotatable bonds is 2. The summed E-state index contributed by atoms with van der Waals surface area (Å²) in [5.41, 5.74) is 1.15. The molecule has 6 nitrogen and oxygen atoms in total. The Bertz CT molecular complexity index is 615. The van der Waals surface area contributed by atoms with Gasteiger partial charge in [-0.3, -0.25) is 9.59 Å². The first-order chi connectivity index (χ1) is 10.5. The summed E-state index contributed by atoms with van der Waals surface area (Å²) < 4.78 is 5.32. The van der Waals surface area contributed by atoms with Crippen LogP contribution in [0.1, 0.15) is 17.3 Å². The number of benzene rings is 1. The minimum Gasteiger partial charge on any atom is -0.482 e. The van der Waals surface area contributed by atoms with E-state index in [1.54, 1.807) is 18.2 Å². The third-order valence-corrected chi connectivity index (χ3v) is 4.38. The minimum atomic E-state index is -0.195. The van der Waals surface area contributed by atoms with Crippen molar-refractivity contribution in [3.05, 3.63) is 23.8 Å². The molecule has 0 radical (unpaired) electrons. The number of nitrogens with one attached hydrogen (secondary N) is 1. The Kier molecular flexibility index (Phi) is 3.78. The predicted octanol–water partition coefficient (Wildman–Crippen LogP) is 1.04. The van der Waals surface area contributed by atoms with Crippen LogP contribution in [0.25, 0.3) is 0 Å². The molecule has 0 aromatic heterocycles. The largest absolute Gasteiger partial charge is 0.482 e. The normalized spacial score (nSPS) is 24.0. The molecule has 2 amide bonds. The number of nitrogens with zero attached hydrogens (tertiary/aromatic N) is 2. The first-order valence-electron chi connectivity index (χ1n) is 7.48. The first-order valence-corrected chi connectivity index (χ1v) is 7.48. The number of carbonyl (C=O) groups excluding carboxylic acids is 2. The molecule has 0 spiro atoms. The van der Waals surface area contributed by atoms with Gasteiger partial charge in [0.05, 0.1) is 5.69 Å². The second-order valence-corrected chi connectivity index (χ2v) is 6.27. The van der Waals surface area contributed by atoms with E-state index in [0.29, 0.717) is 29.0 Å². The molecule has 1 N–H and O–H groups in total.